The summed E-state index contributed by atoms with van der Waals surface area (Å²) in [7, 11) is 0. The Labute approximate surface area is 103 Å². The molecule has 1 fully saturated rings. The Morgan fingerprint density at radius 2 is 1.82 bits per heavy atom. The second kappa shape index (κ2) is 5.71. The van der Waals surface area contributed by atoms with Gasteiger partial charge in [0.15, 0.2) is 0 Å². The lowest BCUT2D eigenvalue weighted by Crippen LogP contribution is -2.43. The average Bonchev–Trinajstić information content (AvgIpc) is 2.40. The molecule has 0 unspecified atom stereocenters. The molecule has 3 heteroatoms. The Morgan fingerprint density at radius 3 is 2.47 bits per heavy atom. The van der Waals surface area contributed by atoms with E-state index in [1.54, 1.807) is 0 Å². The Hall–Kier alpha value is -1.51. The molecule has 1 aromatic carbocycles. The van der Waals surface area contributed by atoms with Crippen molar-refractivity contribution in [3.8, 4) is 0 Å². The van der Waals surface area contributed by atoms with Crippen molar-refractivity contribution in [2.45, 2.75) is 32.2 Å². The minimum atomic E-state index is 0.0704. The summed E-state index contributed by atoms with van der Waals surface area (Å²) in [6.45, 7) is 3.82. The van der Waals surface area contributed by atoms with E-state index >= 15 is 0 Å². The highest BCUT2D eigenvalue weighted by molar-refractivity contribution is 5.74. The first-order chi connectivity index (χ1) is 8.27. The van der Waals surface area contributed by atoms with Crippen molar-refractivity contribution in [2.75, 3.05) is 13.1 Å². The molecule has 1 aliphatic rings. The Balaban J connectivity index is 1.89. The van der Waals surface area contributed by atoms with E-state index in [9.17, 15) is 4.79 Å². The van der Waals surface area contributed by atoms with Crippen molar-refractivity contribution < 1.29 is 4.79 Å². The smallest absolute Gasteiger partial charge is 0.317 e. The van der Waals surface area contributed by atoms with Gasteiger partial charge in [-0.2, -0.15) is 0 Å². The van der Waals surface area contributed by atoms with Gasteiger partial charge in [-0.15, -0.1) is 0 Å². The Morgan fingerprint density at radius 1 is 1.18 bits per heavy atom. The molecule has 1 aliphatic heterocycles. The summed E-state index contributed by atoms with van der Waals surface area (Å²) in [4.78, 5) is 13.9. The minimum absolute atomic E-state index is 0.0704. The largest absolute Gasteiger partial charge is 0.331 e. The van der Waals surface area contributed by atoms with Gasteiger partial charge in [0.25, 0.3) is 0 Å². The normalized spacial score (nSPS) is 17.6. The van der Waals surface area contributed by atoms with Crippen molar-refractivity contribution in [1.82, 2.24) is 10.2 Å². The summed E-state index contributed by atoms with van der Waals surface area (Å²) in [6, 6.07) is 10.2. The van der Waals surface area contributed by atoms with Crippen LogP contribution in [0.25, 0.3) is 0 Å². The Kier molecular flexibility index (Phi) is 4.02. The lowest BCUT2D eigenvalue weighted by molar-refractivity contribution is 0.183. The van der Waals surface area contributed by atoms with Gasteiger partial charge in [0.2, 0.25) is 0 Å². The zero-order valence-corrected chi connectivity index (χ0v) is 10.4. The van der Waals surface area contributed by atoms with Crippen LogP contribution < -0.4 is 5.32 Å². The van der Waals surface area contributed by atoms with Crippen molar-refractivity contribution in [2.24, 2.45) is 0 Å². The number of hydrogen-bond acceptors (Lipinski definition) is 1. The first-order valence-electron chi connectivity index (χ1n) is 6.38. The van der Waals surface area contributed by atoms with Gasteiger partial charge in [-0.3, -0.25) is 0 Å². The molecule has 2 rings (SSSR count). The summed E-state index contributed by atoms with van der Waals surface area (Å²) in [5, 5.41) is 3.05. The number of nitrogens with one attached hydrogen (secondary N) is 1. The van der Waals surface area contributed by atoms with E-state index in [-0.39, 0.29) is 12.1 Å². The van der Waals surface area contributed by atoms with Crippen LogP contribution in [0, 0.1) is 0 Å². The second-order valence-electron chi connectivity index (χ2n) is 4.63. The number of benzene rings is 1. The van der Waals surface area contributed by atoms with Gasteiger partial charge >= 0.3 is 6.03 Å². The zero-order chi connectivity index (χ0) is 12.1. The van der Waals surface area contributed by atoms with E-state index in [1.165, 1.54) is 6.42 Å². The van der Waals surface area contributed by atoms with Crippen LogP contribution in [0.5, 0.6) is 0 Å². The molecule has 3 nitrogen and oxygen atoms in total. The molecule has 0 radical (unpaired) electrons. The number of carbonyl (C=O) groups excluding carboxylic acids is 1. The van der Waals surface area contributed by atoms with Crippen molar-refractivity contribution in [1.29, 1.82) is 0 Å². The van der Waals surface area contributed by atoms with Crippen LogP contribution in [0.2, 0.25) is 0 Å². The van der Waals surface area contributed by atoms with Crippen LogP contribution in [0.4, 0.5) is 4.79 Å². The number of nitrogens with zero attached hydrogens (tertiary/aromatic N) is 1. The maximum atomic E-state index is 12.0. The summed E-state index contributed by atoms with van der Waals surface area (Å²) >= 11 is 0. The average molecular weight is 232 g/mol. The lowest BCUT2D eigenvalue weighted by atomic mass is 10.1. The summed E-state index contributed by atoms with van der Waals surface area (Å²) in [5.41, 5.74) is 1.15. The molecule has 2 amide bonds. The van der Waals surface area contributed by atoms with E-state index in [0.717, 1.165) is 31.5 Å². The molecule has 0 aliphatic carbocycles. The highest BCUT2D eigenvalue weighted by Gasteiger charge is 2.18. The van der Waals surface area contributed by atoms with Crippen molar-refractivity contribution in [3.05, 3.63) is 35.9 Å². The molecule has 17 heavy (non-hydrogen) atoms. The van der Waals surface area contributed by atoms with Crippen molar-refractivity contribution in [3.63, 3.8) is 0 Å². The number of hydrogen-bond donors (Lipinski definition) is 1. The van der Waals surface area contributed by atoms with E-state index in [2.05, 4.69) is 5.32 Å². The molecule has 0 bridgehead atoms. The van der Waals surface area contributed by atoms with Gasteiger partial charge in [0.1, 0.15) is 0 Å². The number of rotatable bonds is 2. The highest BCUT2D eigenvalue weighted by Crippen LogP contribution is 2.13. The monoisotopic (exact) mass is 232 g/mol. The van der Waals surface area contributed by atoms with Crippen LogP contribution in [0.15, 0.2) is 30.3 Å². The molecule has 0 saturated carbocycles. The summed E-state index contributed by atoms with van der Waals surface area (Å²) < 4.78 is 0. The molecular formula is C14H20N2O. The lowest BCUT2D eigenvalue weighted by Gasteiger charge is -2.28. The number of piperidine rings is 1. The third-order valence-electron chi connectivity index (χ3n) is 3.28. The first kappa shape index (κ1) is 12.0. The van der Waals surface area contributed by atoms with Gasteiger partial charge < -0.3 is 10.2 Å². The van der Waals surface area contributed by atoms with E-state index in [4.69, 9.17) is 0 Å². The molecule has 92 valence electrons. The molecule has 1 N–H and O–H groups in total. The second-order valence-corrected chi connectivity index (χ2v) is 4.63. The number of amides is 2. The third-order valence-corrected chi connectivity index (χ3v) is 3.28. The predicted molar refractivity (Wildman–Crippen MR) is 68.8 cm³/mol. The van der Waals surface area contributed by atoms with Crippen LogP contribution in [-0.2, 0) is 0 Å². The maximum absolute atomic E-state index is 12.0. The number of carbonyl (C=O) groups is 1. The fourth-order valence-electron chi connectivity index (χ4n) is 2.20. The topological polar surface area (TPSA) is 32.3 Å². The maximum Gasteiger partial charge on any atom is 0.317 e. The standard InChI is InChI=1S/C14H20N2O/c1-12(13-8-4-2-5-9-13)15-14(17)16-10-6-3-7-11-16/h2,4-5,8-9,12H,3,6-7,10-11H2,1H3,(H,15,17)/t12-/m1/s1. The van der Waals surface area contributed by atoms with Crippen LogP contribution in [0.1, 0.15) is 37.8 Å². The molecule has 0 aromatic heterocycles. The van der Waals surface area contributed by atoms with E-state index in [1.807, 2.05) is 42.2 Å². The molecule has 1 saturated heterocycles. The Bertz CT molecular complexity index is 358. The summed E-state index contributed by atoms with van der Waals surface area (Å²) in [5.74, 6) is 0. The predicted octanol–water partition coefficient (Wildman–Crippen LogP) is 2.94. The highest BCUT2D eigenvalue weighted by atomic mass is 16.2. The van der Waals surface area contributed by atoms with Gasteiger partial charge in [-0.1, -0.05) is 30.3 Å². The molecule has 1 atom stereocenters. The van der Waals surface area contributed by atoms with Gasteiger partial charge in [-0.25, -0.2) is 4.79 Å². The molecular weight excluding hydrogens is 212 g/mol. The van der Waals surface area contributed by atoms with Gasteiger partial charge in [-0.05, 0) is 31.7 Å². The molecule has 1 heterocycles. The fourth-order valence-corrected chi connectivity index (χ4v) is 2.20. The SMILES string of the molecule is C[C@@H](NC(=O)N1CCCCC1)c1ccccc1. The van der Waals surface area contributed by atoms with E-state index < -0.39 is 0 Å². The van der Waals surface area contributed by atoms with E-state index in [0.29, 0.717) is 0 Å². The van der Waals surface area contributed by atoms with Crippen LogP contribution in [-0.4, -0.2) is 24.0 Å². The summed E-state index contributed by atoms with van der Waals surface area (Å²) in [6.07, 6.45) is 3.51. The quantitative estimate of drug-likeness (QED) is 0.835. The number of urea groups is 1. The molecule has 1 aromatic rings. The zero-order valence-electron chi connectivity index (χ0n) is 10.4. The fraction of sp³-hybridized carbons (Fsp3) is 0.500. The van der Waals surface area contributed by atoms with Gasteiger partial charge in [0, 0.05) is 13.1 Å². The van der Waals surface area contributed by atoms with Crippen molar-refractivity contribution >= 4 is 6.03 Å². The van der Waals surface area contributed by atoms with Crippen LogP contribution >= 0.6 is 0 Å². The third kappa shape index (κ3) is 3.22. The first-order valence-corrected chi connectivity index (χ1v) is 6.38. The van der Waals surface area contributed by atoms with Gasteiger partial charge in [0.05, 0.1) is 6.04 Å². The van der Waals surface area contributed by atoms with Crippen LogP contribution in [0.3, 0.4) is 0 Å². The molecule has 0 spiro atoms. The number of likely N-dealkylation sites (tertiary alicyclic amines) is 1. The minimum Gasteiger partial charge on any atom is -0.331 e.